The molecule has 0 aliphatic rings. The van der Waals surface area contributed by atoms with Gasteiger partial charge in [-0.1, -0.05) is 6.92 Å². The van der Waals surface area contributed by atoms with E-state index in [0.717, 1.165) is 0 Å². The van der Waals surface area contributed by atoms with Gasteiger partial charge in [0.15, 0.2) is 0 Å². The van der Waals surface area contributed by atoms with Crippen molar-refractivity contribution in [2.24, 2.45) is 5.92 Å². The third-order valence-corrected chi connectivity index (χ3v) is 1.49. The van der Waals surface area contributed by atoms with Gasteiger partial charge in [0, 0.05) is 6.61 Å². The molecule has 0 fully saturated rings. The first kappa shape index (κ1) is 9.41. The molecule has 0 aromatic heterocycles. The maximum Gasteiger partial charge on any atom is 0.0744 e. The van der Waals surface area contributed by atoms with Crippen LogP contribution in [0.4, 0.5) is 0 Å². The molecule has 0 aromatic rings. The lowest BCUT2D eigenvalue weighted by Crippen LogP contribution is -2.18. The Morgan fingerprint density at radius 1 is 1.60 bits per heavy atom. The Hall–Kier alpha value is -0.590. The Bertz CT molecular complexity index is 119. The van der Waals surface area contributed by atoms with E-state index >= 15 is 0 Å². The Kier molecular flexibility index (Phi) is 4.91. The number of aliphatic hydroxyl groups is 2. The molecular formula is C7H13NO2. The van der Waals surface area contributed by atoms with Gasteiger partial charge < -0.3 is 10.2 Å². The molecule has 2 atom stereocenters. The summed E-state index contributed by atoms with van der Waals surface area (Å²) in [5, 5.41) is 26.0. The Morgan fingerprint density at radius 2 is 2.20 bits per heavy atom. The normalized spacial score (nSPS) is 15.8. The SMILES string of the molecule is CCC(O)C(C#N)CCO. The van der Waals surface area contributed by atoms with Crippen LogP contribution in [0.2, 0.25) is 0 Å². The second kappa shape index (κ2) is 5.21. The lowest BCUT2D eigenvalue weighted by atomic mass is 9.99. The van der Waals surface area contributed by atoms with E-state index < -0.39 is 12.0 Å². The minimum Gasteiger partial charge on any atom is -0.396 e. The highest BCUT2D eigenvalue weighted by molar-refractivity contribution is 4.87. The average Bonchev–Trinajstić information content (AvgIpc) is 1.99. The van der Waals surface area contributed by atoms with E-state index in [1.807, 2.05) is 13.0 Å². The van der Waals surface area contributed by atoms with E-state index in [1.165, 1.54) is 0 Å². The quantitative estimate of drug-likeness (QED) is 0.594. The van der Waals surface area contributed by atoms with Gasteiger partial charge in [-0.3, -0.25) is 0 Å². The summed E-state index contributed by atoms with van der Waals surface area (Å²) in [4.78, 5) is 0. The fourth-order valence-corrected chi connectivity index (χ4v) is 0.767. The molecular weight excluding hydrogens is 130 g/mol. The second-order valence-corrected chi connectivity index (χ2v) is 2.22. The predicted molar refractivity (Wildman–Crippen MR) is 37.1 cm³/mol. The largest absolute Gasteiger partial charge is 0.396 e. The van der Waals surface area contributed by atoms with E-state index in [-0.39, 0.29) is 6.61 Å². The number of aliphatic hydroxyl groups excluding tert-OH is 2. The molecule has 0 rings (SSSR count). The minimum atomic E-state index is -0.586. The first-order valence-electron chi connectivity index (χ1n) is 3.44. The van der Waals surface area contributed by atoms with Crippen LogP contribution >= 0.6 is 0 Å². The van der Waals surface area contributed by atoms with Gasteiger partial charge in [0.05, 0.1) is 18.1 Å². The van der Waals surface area contributed by atoms with Crippen molar-refractivity contribution in [2.75, 3.05) is 6.61 Å². The lowest BCUT2D eigenvalue weighted by Gasteiger charge is -2.12. The van der Waals surface area contributed by atoms with E-state index in [2.05, 4.69) is 0 Å². The van der Waals surface area contributed by atoms with Crippen molar-refractivity contribution in [3.8, 4) is 6.07 Å². The molecule has 0 amide bonds. The summed E-state index contributed by atoms with van der Waals surface area (Å²) in [6.07, 6.45) is 0.348. The Balaban J connectivity index is 3.71. The summed E-state index contributed by atoms with van der Waals surface area (Å²) >= 11 is 0. The van der Waals surface area contributed by atoms with Crippen molar-refractivity contribution in [2.45, 2.75) is 25.9 Å². The maximum atomic E-state index is 9.12. The molecule has 0 saturated heterocycles. The second-order valence-electron chi connectivity index (χ2n) is 2.22. The molecule has 10 heavy (non-hydrogen) atoms. The molecule has 2 N–H and O–H groups in total. The van der Waals surface area contributed by atoms with Crippen LogP contribution in [0, 0.1) is 17.2 Å². The van der Waals surface area contributed by atoms with E-state index in [1.54, 1.807) is 0 Å². The van der Waals surface area contributed by atoms with Crippen molar-refractivity contribution in [3.63, 3.8) is 0 Å². The van der Waals surface area contributed by atoms with Crippen LogP contribution in [0.3, 0.4) is 0 Å². The first-order valence-corrected chi connectivity index (χ1v) is 3.44. The van der Waals surface area contributed by atoms with Crippen molar-refractivity contribution < 1.29 is 10.2 Å². The number of hydrogen-bond donors (Lipinski definition) is 2. The number of hydrogen-bond acceptors (Lipinski definition) is 3. The Morgan fingerprint density at radius 3 is 2.50 bits per heavy atom. The zero-order valence-corrected chi connectivity index (χ0v) is 6.12. The zero-order chi connectivity index (χ0) is 7.98. The number of nitrogens with zero attached hydrogens (tertiary/aromatic N) is 1. The van der Waals surface area contributed by atoms with Crippen LogP contribution in [0.5, 0.6) is 0 Å². The average molecular weight is 143 g/mol. The lowest BCUT2D eigenvalue weighted by molar-refractivity contribution is 0.112. The molecule has 0 spiro atoms. The third-order valence-electron chi connectivity index (χ3n) is 1.49. The molecule has 3 nitrogen and oxygen atoms in total. The van der Waals surface area contributed by atoms with Crippen LogP contribution in [0.25, 0.3) is 0 Å². The fourth-order valence-electron chi connectivity index (χ4n) is 0.767. The van der Waals surface area contributed by atoms with Crippen molar-refractivity contribution in [1.82, 2.24) is 0 Å². The molecule has 0 aliphatic carbocycles. The van der Waals surface area contributed by atoms with Crippen LogP contribution in [0.1, 0.15) is 19.8 Å². The smallest absolute Gasteiger partial charge is 0.0744 e. The zero-order valence-electron chi connectivity index (χ0n) is 6.12. The van der Waals surface area contributed by atoms with Gasteiger partial charge in [-0.25, -0.2) is 0 Å². The van der Waals surface area contributed by atoms with Crippen LogP contribution < -0.4 is 0 Å². The third kappa shape index (κ3) is 2.81. The highest BCUT2D eigenvalue weighted by Crippen LogP contribution is 2.09. The number of rotatable bonds is 4. The summed E-state index contributed by atoms with van der Waals surface area (Å²) in [7, 11) is 0. The molecule has 0 heterocycles. The van der Waals surface area contributed by atoms with Gasteiger partial charge in [0.25, 0.3) is 0 Å². The first-order chi connectivity index (χ1) is 4.76. The standard InChI is InChI=1S/C7H13NO2/c1-2-7(10)6(5-8)3-4-9/h6-7,9-10H,2-4H2,1H3. The summed E-state index contributed by atoms with van der Waals surface area (Å²) < 4.78 is 0. The Labute approximate surface area is 60.9 Å². The minimum absolute atomic E-state index is 0.0325. The molecule has 0 aliphatic heterocycles. The summed E-state index contributed by atoms with van der Waals surface area (Å²) in [6, 6.07) is 1.94. The van der Waals surface area contributed by atoms with Crippen molar-refractivity contribution >= 4 is 0 Å². The van der Waals surface area contributed by atoms with Crippen molar-refractivity contribution in [1.29, 1.82) is 5.26 Å². The molecule has 3 heteroatoms. The van der Waals surface area contributed by atoms with Gasteiger partial charge in [0.1, 0.15) is 0 Å². The number of nitriles is 1. The van der Waals surface area contributed by atoms with Crippen LogP contribution in [-0.2, 0) is 0 Å². The molecule has 2 unspecified atom stereocenters. The van der Waals surface area contributed by atoms with Gasteiger partial charge in [-0.2, -0.15) is 5.26 Å². The highest BCUT2D eigenvalue weighted by Gasteiger charge is 2.15. The predicted octanol–water partition coefficient (Wildman–Crippen LogP) is 0.279. The summed E-state index contributed by atoms with van der Waals surface area (Å²) in [5.41, 5.74) is 0. The molecule has 58 valence electrons. The molecule has 0 bridgehead atoms. The molecule has 0 saturated carbocycles. The van der Waals surface area contributed by atoms with Crippen LogP contribution in [0.15, 0.2) is 0 Å². The molecule has 0 aromatic carbocycles. The topological polar surface area (TPSA) is 64.2 Å². The monoisotopic (exact) mass is 143 g/mol. The van der Waals surface area contributed by atoms with E-state index in [0.29, 0.717) is 12.8 Å². The van der Waals surface area contributed by atoms with Gasteiger partial charge in [0.2, 0.25) is 0 Å². The summed E-state index contributed by atoms with van der Waals surface area (Å²) in [5.74, 6) is -0.407. The maximum absolute atomic E-state index is 9.12. The van der Waals surface area contributed by atoms with E-state index in [4.69, 9.17) is 15.5 Å². The highest BCUT2D eigenvalue weighted by atomic mass is 16.3. The van der Waals surface area contributed by atoms with Crippen molar-refractivity contribution in [3.05, 3.63) is 0 Å². The van der Waals surface area contributed by atoms with Gasteiger partial charge in [-0.05, 0) is 12.8 Å². The molecule has 0 radical (unpaired) electrons. The van der Waals surface area contributed by atoms with Crippen LogP contribution in [-0.4, -0.2) is 22.9 Å². The van der Waals surface area contributed by atoms with E-state index in [9.17, 15) is 0 Å². The summed E-state index contributed by atoms with van der Waals surface area (Å²) in [6.45, 7) is 1.78. The van der Waals surface area contributed by atoms with Gasteiger partial charge in [-0.15, -0.1) is 0 Å². The fraction of sp³-hybridized carbons (Fsp3) is 0.857. The van der Waals surface area contributed by atoms with Gasteiger partial charge >= 0.3 is 0 Å².